The van der Waals surface area contributed by atoms with E-state index in [-0.39, 0.29) is 17.9 Å². The summed E-state index contributed by atoms with van der Waals surface area (Å²) < 4.78 is 5.43. The summed E-state index contributed by atoms with van der Waals surface area (Å²) in [5.41, 5.74) is 2.78. The Balaban J connectivity index is 2.18. The number of anilines is 2. The number of nitrogen functional groups attached to an aromatic ring is 1. The van der Waals surface area contributed by atoms with Gasteiger partial charge in [-0.2, -0.15) is 0 Å². The molecule has 0 bridgehead atoms. The van der Waals surface area contributed by atoms with Gasteiger partial charge in [-0.25, -0.2) is 4.98 Å². The highest BCUT2D eigenvalue weighted by molar-refractivity contribution is 5.75. The molecule has 0 aliphatic heterocycles. The molecule has 0 saturated carbocycles. The van der Waals surface area contributed by atoms with E-state index in [2.05, 4.69) is 15.7 Å². The standard InChI is InChI=1S/C12H15N5O3/c1-2-8-6-15-11(20-8)7-14-9-4-3-5-10(16-13)12(9)17(18)19/h3-6,14,16H,2,7,13H2,1H3. The highest BCUT2D eigenvalue weighted by Crippen LogP contribution is 2.32. The third-order valence-corrected chi connectivity index (χ3v) is 2.75. The van der Waals surface area contributed by atoms with E-state index in [4.69, 9.17) is 10.3 Å². The average molecular weight is 277 g/mol. The van der Waals surface area contributed by atoms with Crippen molar-refractivity contribution in [3.63, 3.8) is 0 Å². The Morgan fingerprint density at radius 1 is 1.45 bits per heavy atom. The van der Waals surface area contributed by atoms with Gasteiger partial charge < -0.3 is 15.2 Å². The summed E-state index contributed by atoms with van der Waals surface area (Å²) in [5.74, 6) is 6.52. The molecule has 8 nitrogen and oxygen atoms in total. The SMILES string of the molecule is CCc1cnc(CNc2cccc(NN)c2[N+](=O)[O-])o1. The van der Waals surface area contributed by atoms with E-state index in [9.17, 15) is 10.1 Å². The second-order valence-corrected chi connectivity index (χ2v) is 4.03. The summed E-state index contributed by atoms with van der Waals surface area (Å²) >= 11 is 0. The maximum atomic E-state index is 11.1. The highest BCUT2D eigenvalue weighted by Gasteiger charge is 2.19. The summed E-state index contributed by atoms with van der Waals surface area (Å²) in [7, 11) is 0. The van der Waals surface area contributed by atoms with Crippen LogP contribution in [0.3, 0.4) is 0 Å². The molecule has 0 aliphatic carbocycles. The number of para-hydroxylation sites is 1. The fourth-order valence-corrected chi connectivity index (χ4v) is 1.76. The van der Waals surface area contributed by atoms with Gasteiger partial charge in [0, 0.05) is 6.42 Å². The second-order valence-electron chi connectivity index (χ2n) is 4.03. The minimum atomic E-state index is -0.495. The van der Waals surface area contributed by atoms with Crippen molar-refractivity contribution >= 4 is 17.1 Å². The number of oxazole rings is 1. The summed E-state index contributed by atoms with van der Waals surface area (Å²) in [4.78, 5) is 14.7. The van der Waals surface area contributed by atoms with Crippen molar-refractivity contribution in [2.75, 3.05) is 10.7 Å². The second kappa shape index (κ2) is 6.02. The van der Waals surface area contributed by atoms with E-state index in [0.717, 1.165) is 12.2 Å². The van der Waals surface area contributed by atoms with Gasteiger partial charge in [0.25, 0.3) is 0 Å². The molecule has 0 spiro atoms. The zero-order chi connectivity index (χ0) is 14.5. The molecule has 1 aromatic heterocycles. The molecule has 2 rings (SSSR count). The van der Waals surface area contributed by atoms with Gasteiger partial charge >= 0.3 is 5.69 Å². The van der Waals surface area contributed by atoms with Gasteiger partial charge in [0.05, 0.1) is 17.7 Å². The maximum Gasteiger partial charge on any atom is 0.316 e. The van der Waals surface area contributed by atoms with Crippen LogP contribution in [0.2, 0.25) is 0 Å². The number of hydrogen-bond donors (Lipinski definition) is 3. The van der Waals surface area contributed by atoms with Crippen molar-refractivity contribution in [1.29, 1.82) is 0 Å². The molecular formula is C12H15N5O3. The van der Waals surface area contributed by atoms with Gasteiger partial charge in [0.1, 0.15) is 17.1 Å². The van der Waals surface area contributed by atoms with E-state index >= 15 is 0 Å². The number of hydrogen-bond acceptors (Lipinski definition) is 7. The van der Waals surface area contributed by atoms with Crippen LogP contribution in [0, 0.1) is 10.1 Å². The van der Waals surface area contributed by atoms with Crippen LogP contribution in [-0.2, 0) is 13.0 Å². The van der Waals surface area contributed by atoms with Gasteiger partial charge in [-0.3, -0.25) is 16.0 Å². The Morgan fingerprint density at radius 3 is 2.80 bits per heavy atom. The number of aryl methyl sites for hydroxylation is 1. The first-order valence-electron chi connectivity index (χ1n) is 6.07. The van der Waals surface area contributed by atoms with Crippen LogP contribution in [0.15, 0.2) is 28.8 Å². The minimum absolute atomic E-state index is 0.114. The van der Waals surface area contributed by atoms with Crippen molar-refractivity contribution < 1.29 is 9.34 Å². The Morgan fingerprint density at radius 2 is 2.20 bits per heavy atom. The van der Waals surface area contributed by atoms with Crippen LogP contribution in [0.4, 0.5) is 17.1 Å². The fourth-order valence-electron chi connectivity index (χ4n) is 1.76. The van der Waals surface area contributed by atoms with Crippen LogP contribution in [-0.4, -0.2) is 9.91 Å². The number of nitrogens with two attached hydrogens (primary N) is 1. The predicted molar refractivity (Wildman–Crippen MR) is 74.1 cm³/mol. The van der Waals surface area contributed by atoms with Crippen LogP contribution in [0.1, 0.15) is 18.6 Å². The molecule has 2 aromatic rings. The molecule has 1 heterocycles. The molecule has 106 valence electrons. The molecule has 0 saturated heterocycles. The molecule has 20 heavy (non-hydrogen) atoms. The molecular weight excluding hydrogens is 262 g/mol. The number of rotatable bonds is 6. The largest absolute Gasteiger partial charge is 0.444 e. The number of nitro groups is 1. The van der Waals surface area contributed by atoms with E-state index in [1.54, 1.807) is 18.3 Å². The van der Waals surface area contributed by atoms with Crippen molar-refractivity contribution in [2.24, 2.45) is 5.84 Å². The summed E-state index contributed by atoms with van der Waals surface area (Å²) in [6, 6.07) is 4.80. The first-order chi connectivity index (χ1) is 9.65. The van der Waals surface area contributed by atoms with E-state index in [1.807, 2.05) is 6.92 Å². The lowest BCUT2D eigenvalue weighted by atomic mass is 10.2. The fraction of sp³-hybridized carbons (Fsp3) is 0.250. The lowest BCUT2D eigenvalue weighted by Gasteiger charge is -2.08. The topological polar surface area (TPSA) is 119 Å². The van der Waals surface area contributed by atoms with E-state index < -0.39 is 4.92 Å². The van der Waals surface area contributed by atoms with Crippen LogP contribution >= 0.6 is 0 Å². The highest BCUT2D eigenvalue weighted by atomic mass is 16.6. The molecule has 0 unspecified atom stereocenters. The van der Waals surface area contributed by atoms with Crippen LogP contribution in [0.25, 0.3) is 0 Å². The zero-order valence-corrected chi connectivity index (χ0v) is 10.9. The molecule has 0 atom stereocenters. The lowest BCUT2D eigenvalue weighted by Crippen LogP contribution is -2.11. The molecule has 0 amide bonds. The van der Waals surface area contributed by atoms with E-state index in [1.165, 1.54) is 6.07 Å². The normalized spacial score (nSPS) is 10.3. The number of nitro benzene ring substituents is 1. The van der Waals surface area contributed by atoms with Crippen molar-refractivity contribution in [3.05, 3.63) is 46.2 Å². The average Bonchev–Trinajstić information content (AvgIpc) is 2.92. The molecule has 8 heteroatoms. The summed E-state index contributed by atoms with van der Waals surface area (Å²) in [6.07, 6.45) is 2.39. The Bertz CT molecular complexity index is 611. The first-order valence-corrected chi connectivity index (χ1v) is 6.07. The third-order valence-electron chi connectivity index (χ3n) is 2.75. The minimum Gasteiger partial charge on any atom is -0.444 e. The van der Waals surface area contributed by atoms with Crippen molar-refractivity contribution in [3.8, 4) is 0 Å². The smallest absolute Gasteiger partial charge is 0.316 e. The maximum absolute atomic E-state index is 11.1. The molecule has 0 radical (unpaired) electrons. The van der Waals surface area contributed by atoms with Crippen molar-refractivity contribution in [2.45, 2.75) is 19.9 Å². The van der Waals surface area contributed by atoms with Gasteiger partial charge in [0.15, 0.2) is 0 Å². The van der Waals surface area contributed by atoms with Gasteiger partial charge in [-0.15, -0.1) is 0 Å². The van der Waals surface area contributed by atoms with Gasteiger partial charge in [-0.05, 0) is 12.1 Å². The summed E-state index contributed by atoms with van der Waals surface area (Å²) in [6.45, 7) is 2.22. The summed E-state index contributed by atoms with van der Waals surface area (Å²) in [5, 5.41) is 14.0. The molecule has 4 N–H and O–H groups in total. The zero-order valence-electron chi connectivity index (χ0n) is 10.9. The number of nitrogens with zero attached hydrogens (tertiary/aromatic N) is 2. The number of nitrogens with one attached hydrogen (secondary N) is 2. The Kier molecular flexibility index (Phi) is 4.16. The predicted octanol–water partition coefficient (Wildman–Crippen LogP) is 2.04. The van der Waals surface area contributed by atoms with Crippen LogP contribution in [0.5, 0.6) is 0 Å². The molecule has 0 aliphatic rings. The van der Waals surface area contributed by atoms with Gasteiger partial charge in [0.2, 0.25) is 5.89 Å². The van der Waals surface area contributed by atoms with E-state index in [0.29, 0.717) is 11.6 Å². The van der Waals surface area contributed by atoms with Crippen molar-refractivity contribution in [1.82, 2.24) is 4.98 Å². The third kappa shape index (κ3) is 2.86. The van der Waals surface area contributed by atoms with Gasteiger partial charge in [-0.1, -0.05) is 13.0 Å². The quantitative estimate of drug-likeness (QED) is 0.420. The number of benzene rings is 1. The van der Waals surface area contributed by atoms with Crippen LogP contribution < -0.4 is 16.6 Å². The Labute approximate surface area is 115 Å². The number of hydrazine groups is 1. The number of aromatic nitrogens is 1. The monoisotopic (exact) mass is 277 g/mol. The molecule has 1 aromatic carbocycles. The first kappa shape index (κ1) is 13.8. The lowest BCUT2D eigenvalue weighted by molar-refractivity contribution is -0.383. The Hall–Kier alpha value is -2.61. The molecule has 0 fully saturated rings.